The van der Waals surface area contributed by atoms with Crippen molar-refractivity contribution < 1.29 is 9.21 Å². The van der Waals surface area contributed by atoms with E-state index in [-0.39, 0.29) is 24.4 Å². The average Bonchev–Trinajstić information content (AvgIpc) is 3.23. The van der Waals surface area contributed by atoms with Crippen LogP contribution < -0.4 is 5.73 Å². The summed E-state index contributed by atoms with van der Waals surface area (Å²) in [6, 6.07) is 9.67. The lowest BCUT2D eigenvalue weighted by Gasteiger charge is -2.29. The van der Waals surface area contributed by atoms with E-state index in [9.17, 15) is 4.79 Å². The van der Waals surface area contributed by atoms with Crippen LogP contribution in [0.4, 0.5) is 0 Å². The van der Waals surface area contributed by atoms with Crippen LogP contribution in [0.1, 0.15) is 47.5 Å². The molecule has 1 aliphatic carbocycles. The topological polar surface area (TPSA) is 59.5 Å². The van der Waals surface area contributed by atoms with Gasteiger partial charge >= 0.3 is 0 Å². The van der Waals surface area contributed by atoms with Crippen molar-refractivity contribution in [1.82, 2.24) is 4.90 Å². The summed E-state index contributed by atoms with van der Waals surface area (Å²) in [4.78, 5) is 14.8. The summed E-state index contributed by atoms with van der Waals surface area (Å²) in [6.07, 6.45) is 3.59. The monoisotopic (exact) mass is 354 g/mol. The fourth-order valence-corrected chi connectivity index (χ4v) is 2.79. The molecule has 2 N–H and O–H groups in total. The Morgan fingerprint density at radius 1 is 1.39 bits per heavy atom. The molecule has 1 aliphatic rings. The maximum absolute atomic E-state index is 12.8. The van der Waals surface area contributed by atoms with Gasteiger partial charge in [0.2, 0.25) is 0 Å². The van der Waals surface area contributed by atoms with E-state index < -0.39 is 0 Å². The molecule has 1 atom stereocenters. The molecule has 0 saturated heterocycles. The summed E-state index contributed by atoms with van der Waals surface area (Å²) in [5.41, 5.74) is 7.18. The molecule has 0 bridgehead atoms. The van der Waals surface area contributed by atoms with Gasteiger partial charge in [0.15, 0.2) is 0 Å². The van der Waals surface area contributed by atoms with E-state index in [1.54, 1.807) is 6.07 Å². The van der Waals surface area contributed by atoms with Crippen LogP contribution in [-0.4, -0.2) is 16.8 Å². The number of halogens is 2. The summed E-state index contributed by atoms with van der Waals surface area (Å²) in [7, 11) is 0. The van der Waals surface area contributed by atoms with E-state index in [4.69, 9.17) is 21.8 Å². The van der Waals surface area contributed by atoms with E-state index in [0.29, 0.717) is 28.9 Å². The zero-order valence-corrected chi connectivity index (χ0v) is 14.4. The minimum Gasteiger partial charge on any atom is -0.467 e. The molecule has 0 spiro atoms. The minimum absolute atomic E-state index is 0. The van der Waals surface area contributed by atoms with E-state index in [0.717, 1.165) is 18.4 Å². The van der Waals surface area contributed by atoms with Crippen LogP contribution in [0, 0.1) is 0 Å². The third-order valence-corrected chi connectivity index (χ3v) is 4.30. The van der Waals surface area contributed by atoms with Gasteiger partial charge in [-0.15, -0.1) is 12.4 Å². The molecule has 0 radical (unpaired) electrons. The molecule has 4 nitrogen and oxygen atoms in total. The molecular weight excluding hydrogens is 335 g/mol. The maximum atomic E-state index is 12.8. The number of rotatable bonds is 5. The van der Waals surface area contributed by atoms with Crippen molar-refractivity contribution in [3.8, 4) is 0 Å². The summed E-state index contributed by atoms with van der Waals surface area (Å²) < 4.78 is 5.30. The molecule has 0 aliphatic heterocycles. The molecule has 1 unspecified atom stereocenters. The minimum atomic E-state index is -0.00611. The van der Waals surface area contributed by atoms with Crippen LogP contribution in [0.15, 0.2) is 41.0 Å². The Bertz CT molecular complexity index is 665. The first-order chi connectivity index (χ1) is 10.6. The number of hydrogen-bond acceptors (Lipinski definition) is 3. The van der Waals surface area contributed by atoms with Gasteiger partial charge in [-0.2, -0.15) is 0 Å². The standard InChI is InChI=1S/C17H19ClN2O2.ClH/c1-11(12-2-4-14(18)5-3-12)20(15-6-7-15)17(21)13-8-16(9-19)22-10-13;/h2-5,8,10-11,15H,6-7,9,19H2,1H3;1H. The van der Waals surface area contributed by atoms with Crippen LogP contribution in [-0.2, 0) is 6.54 Å². The molecule has 124 valence electrons. The molecular formula is C17H20Cl2N2O2. The van der Waals surface area contributed by atoms with Gasteiger partial charge in [0.25, 0.3) is 5.91 Å². The quantitative estimate of drug-likeness (QED) is 0.875. The Labute approximate surface area is 147 Å². The van der Waals surface area contributed by atoms with E-state index in [1.807, 2.05) is 36.1 Å². The molecule has 23 heavy (non-hydrogen) atoms. The van der Waals surface area contributed by atoms with Gasteiger partial charge < -0.3 is 15.1 Å². The van der Waals surface area contributed by atoms with Crippen LogP contribution in [0.25, 0.3) is 0 Å². The molecule has 1 saturated carbocycles. The Balaban J connectivity index is 0.00000192. The SMILES string of the molecule is CC(c1ccc(Cl)cc1)N(C(=O)c1coc(CN)c1)C1CC1.Cl. The molecule has 1 amide bonds. The zero-order valence-electron chi connectivity index (χ0n) is 12.9. The highest BCUT2D eigenvalue weighted by molar-refractivity contribution is 6.30. The molecule has 3 rings (SSSR count). The second-order valence-electron chi connectivity index (χ2n) is 5.68. The van der Waals surface area contributed by atoms with Crippen molar-refractivity contribution in [2.45, 2.75) is 38.4 Å². The fraction of sp³-hybridized carbons (Fsp3) is 0.353. The smallest absolute Gasteiger partial charge is 0.257 e. The Morgan fingerprint density at radius 2 is 2.04 bits per heavy atom. The highest BCUT2D eigenvalue weighted by Crippen LogP contribution is 2.36. The van der Waals surface area contributed by atoms with Gasteiger partial charge in [-0.1, -0.05) is 23.7 Å². The van der Waals surface area contributed by atoms with E-state index in [1.165, 1.54) is 6.26 Å². The van der Waals surface area contributed by atoms with Crippen molar-refractivity contribution in [3.63, 3.8) is 0 Å². The van der Waals surface area contributed by atoms with Gasteiger partial charge in [0.05, 0.1) is 18.2 Å². The van der Waals surface area contributed by atoms with Crippen molar-refractivity contribution in [2.75, 3.05) is 0 Å². The first kappa shape index (κ1) is 17.9. The predicted molar refractivity (Wildman–Crippen MR) is 92.9 cm³/mol. The molecule has 1 fully saturated rings. The first-order valence-electron chi connectivity index (χ1n) is 7.45. The van der Waals surface area contributed by atoms with E-state index in [2.05, 4.69) is 0 Å². The number of benzene rings is 1. The fourth-order valence-electron chi connectivity index (χ4n) is 2.66. The summed E-state index contributed by atoms with van der Waals surface area (Å²) in [5, 5.41) is 0.697. The third-order valence-electron chi connectivity index (χ3n) is 4.05. The number of amides is 1. The second kappa shape index (κ2) is 7.39. The zero-order chi connectivity index (χ0) is 15.7. The van der Waals surface area contributed by atoms with Gasteiger partial charge in [0.1, 0.15) is 12.0 Å². The third kappa shape index (κ3) is 3.89. The van der Waals surface area contributed by atoms with Crippen LogP contribution >= 0.6 is 24.0 Å². The molecule has 1 heterocycles. The normalized spacial score (nSPS) is 14.9. The van der Waals surface area contributed by atoms with Crippen LogP contribution in [0.2, 0.25) is 5.02 Å². The largest absolute Gasteiger partial charge is 0.467 e. The number of nitrogens with zero attached hydrogens (tertiary/aromatic N) is 1. The Hall–Kier alpha value is -1.49. The second-order valence-corrected chi connectivity index (χ2v) is 6.11. The number of nitrogens with two attached hydrogens (primary N) is 1. The van der Waals surface area contributed by atoms with Crippen LogP contribution in [0.3, 0.4) is 0 Å². The van der Waals surface area contributed by atoms with Gasteiger partial charge in [-0.3, -0.25) is 4.79 Å². The number of carbonyl (C=O) groups excluding carboxylic acids is 1. The lowest BCUT2D eigenvalue weighted by Crippen LogP contribution is -2.35. The van der Waals surface area contributed by atoms with Crippen LogP contribution in [0.5, 0.6) is 0 Å². The highest BCUT2D eigenvalue weighted by Gasteiger charge is 2.37. The summed E-state index contributed by atoms with van der Waals surface area (Å²) in [6.45, 7) is 2.34. The van der Waals surface area contributed by atoms with Gasteiger partial charge in [-0.25, -0.2) is 0 Å². The van der Waals surface area contributed by atoms with Gasteiger partial charge in [-0.05, 0) is 43.5 Å². The lowest BCUT2D eigenvalue weighted by molar-refractivity contribution is 0.0673. The number of hydrogen-bond donors (Lipinski definition) is 1. The van der Waals surface area contributed by atoms with Crippen molar-refractivity contribution in [3.05, 3.63) is 58.5 Å². The number of carbonyl (C=O) groups is 1. The molecule has 2 aromatic rings. The summed E-state index contributed by atoms with van der Waals surface area (Å²) in [5.74, 6) is 0.617. The lowest BCUT2D eigenvalue weighted by atomic mass is 10.1. The van der Waals surface area contributed by atoms with Gasteiger partial charge in [0, 0.05) is 11.1 Å². The summed E-state index contributed by atoms with van der Waals surface area (Å²) >= 11 is 5.94. The van der Waals surface area contributed by atoms with Crippen molar-refractivity contribution in [1.29, 1.82) is 0 Å². The first-order valence-corrected chi connectivity index (χ1v) is 7.83. The maximum Gasteiger partial charge on any atom is 0.257 e. The average molecular weight is 355 g/mol. The molecule has 1 aromatic heterocycles. The van der Waals surface area contributed by atoms with E-state index >= 15 is 0 Å². The highest BCUT2D eigenvalue weighted by atomic mass is 35.5. The molecule has 6 heteroatoms. The number of furan rings is 1. The molecule has 1 aromatic carbocycles. The predicted octanol–water partition coefficient (Wildman–Crippen LogP) is 4.18. The van der Waals surface area contributed by atoms with Crippen molar-refractivity contribution >= 4 is 29.9 Å². The Morgan fingerprint density at radius 3 is 2.57 bits per heavy atom. The Kier molecular flexibility index (Phi) is 5.74. The van der Waals surface area contributed by atoms with Crippen molar-refractivity contribution in [2.24, 2.45) is 5.73 Å².